The molecule has 18 heavy (non-hydrogen) atoms. The predicted octanol–water partition coefficient (Wildman–Crippen LogP) is 4.02. The lowest BCUT2D eigenvalue weighted by Crippen LogP contribution is -2.04. The molecule has 100 valence electrons. The Hall–Kier alpha value is -1.31. The average molecular weight is 248 g/mol. The summed E-state index contributed by atoms with van der Waals surface area (Å²) in [5.41, 5.74) is 1.25. The molecule has 0 fully saturated rings. The van der Waals surface area contributed by atoms with Crippen LogP contribution < -0.4 is 4.74 Å². The number of Topliss-reactive ketones (excluding diaryl/α,β-unsaturated/α-hetero) is 1. The summed E-state index contributed by atoms with van der Waals surface area (Å²) >= 11 is 0. The van der Waals surface area contributed by atoms with E-state index in [-0.39, 0.29) is 0 Å². The summed E-state index contributed by atoms with van der Waals surface area (Å²) in [6.07, 6.45) is 3.22. The highest BCUT2D eigenvalue weighted by molar-refractivity contribution is 5.77. The van der Waals surface area contributed by atoms with Crippen molar-refractivity contribution < 1.29 is 9.53 Å². The van der Waals surface area contributed by atoms with Gasteiger partial charge in [-0.05, 0) is 36.5 Å². The molecule has 0 aliphatic carbocycles. The van der Waals surface area contributed by atoms with Crippen molar-refractivity contribution in [1.29, 1.82) is 0 Å². The van der Waals surface area contributed by atoms with Gasteiger partial charge in [0.2, 0.25) is 0 Å². The molecule has 0 aliphatic rings. The maximum absolute atomic E-state index is 11.2. The van der Waals surface area contributed by atoms with Crippen molar-refractivity contribution in [3.05, 3.63) is 29.8 Å². The minimum atomic E-state index is 0.349. The first kappa shape index (κ1) is 14.7. The van der Waals surface area contributed by atoms with Crippen molar-refractivity contribution in [3.63, 3.8) is 0 Å². The van der Waals surface area contributed by atoms with Gasteiger partial charge in [0.15, 0.2) is 0 Å². The van der Waals surface area contributed by atoms with Gasteiger partial charge in [0.1, 0.15) is 11.5 Å². The van der Waals surface area contributed by atoms with E-state index >= 15 is 0 Å². The quantitative estimate of drug-likeness (QED) is 0.694. The molecule has 1 aromatic carbocycles. The van der Waals surface area contributed by atoms with Crippen LogP contribution in [0.2, 0.25) is 0 Å². The summed E-state index contributed by atoms with van der Waals surface area (Å²) in [4.78, 5) is 11.2. The Kier molecular flexibility index (Phi) is 6.48. The first-order chi connectivity index (χ1) is 8.61. The zero-order valence-electron chi connectivity index (χ0n) is 11.7. The van der Waals surface area contributed by atoms with E-state index in [1.807, 2.05) is 19.1 Å². The molecule has 0 aromatic heterocycles. The second kappa shape index (κ2) is 7.91. The molecule has 0 heterocycles. The first-order valence-corrected chi connectivity index (χ1v) is 6.85. The molecule has 2 nitrogen and oxygen atoms in total. The smallest absolute Gasteiger partial charge is 0.132 e. The van der Waals surface area contributed by atoms with Gasteiger partial charge in [-0.15, -0.1) is 0 Å². The number of benzene rings is 1. The van der Waals surface area contributed by atoms with Gasteiger partial charge in [-0.3, -0.25) is 4.79 Å². The fourth-order valence-corrected chi connectivity index (χ4v) is 1.72. The zero-order valence-corrected chi connectivity index (χ0v) is 11.7. The number of carbonyl (C=O) groups is 1. The number of aryl methyl sites for hydroxylation is 1. The van der Waals surface area contributed by atoms with Crippen LogP contribution in [0.3, 0.4) is 0 Å². The third-order valence-corrected chi connectivity index (χ3v) is 2.80. The van der Waals surface area contributed by atoms with Crippen LogP contribution in [-0.2, 0) is 11.2 Å². The van der Waals surface area contributed by atoms with Crippen LogP contribution in [-0.4, -0.2) is 12.4 Å². The third-order valence-electron chi connectivity index (χ3n) is 2.80. The van der Waals surface area contributed by atoms with Crippen LogP contribution >= 0.6 is 0 Å². The lowest BCUT2D eigenvalue weighted by atomic mass is 10.1. The van der Waals surface area contributed by atoms with Crippen molar-refractivity contribution in [1.82, 2.24) is 0 Å². The van der Waals surface area contributed by atoms with Gasteiger partial charge in [-0.1, -0.05) is 32.9 Å². The number of ketones is 1. The van der Waals surface area contributed by atoms with Gasteiger partial charge in [-0.2, -0.15) is 0 Å². The topological polar surface area (TPSA) is 26.3 Å². The Morgan fingerprint density at radius 1 is 1.33 bits per heavy atom. The number of rotatable bonds is 8. The van der Waals surface area contributed by atoms with Crippen LogP contribution in [0.1, 0.15) is 45.6 Å². The normalized spacial score (nSPS) is 10.7. The summed E-state index contributed by atoms with van der Waals surface area (Å²) < 4.78 is 5.69. The van der Waals surface area contributed by atoms with E-state index in [0.29, 0.717) is 24.5 Å². The molecule has 2 heteroatoms. The average Bonchev–Trinajstić information content (AvgIpc) is 2.36. The highest BCUT2D eigenvalue weighted by atomic mass is 16.5. The Balaban J connectivity index is 2.41. The molecule has 0 spiro atoms. The van der Waals surface area contributed by atoms with Gasteiger partial charge in [0.25, 0.3) is 0 Å². The largest absolute Gasteiger partial charge is 0.493 e. The van der Waals surface area contributed by atoms with Crippen molar-refractivity contribution in [2.75, 3.05) is 6.61 Å². The van der Waals surface area contributed by atoms with Gasteiger partial charge < -0.3 is 4.74 Å². The molecule has 1 aromatic rings. The molecule has 0 N–H and O–H groups in total. The molecule has 0 unspecified atom stereocenters. The van der Waals surface area contributed by atoms with E-state index in [9.17, 15) is 4.79 Å². The Bertz CT molecular complexity index is 369. The van der Waals surface area contributed by atoms with E-state index in [4.69, 9.17) is 4.74 Å². The summed E-state index contributed by atoms with van der Waals surface area (Å²) in [6, 6.07) is 8.19. The summed E-state index contributed by atoms with van der Waals surface area (Å²) in [7, 11) is 0. The van der Waals surface area contributed by atoms with Crippen LogP contribution in [0, 0.1) is 5.92 Å². The number of carbonyl (C=O) groups excluding carboxylic acids is 1. The van der Waals surface area contributed by atoms with Crippen molar-refractivity contribution in [2.24, 2.45) is 5.92 Å². The highest BCUT2D eigenvalue weighted by Crippen LogP contribution is 2.16. The molecular weight excluding hydrogens is 224 g/mol. The number of ether oxygens (including phenoxy) is 1. The fraction of sp³-hybridized carbons (Fsp3) is 0.562. The van der Waals surface area contributed by atoms with Gasteiger partial charge >= 0.3 is 0 Å². The Morgan fingerprint density at radius 3 is 2.78 bits per heavy atom. The van der Waals surface area contributed by atoms with E-state index in [2.05, 4.69) is 26.0 Å². The molecule has 0 aliphatic heterocycles. The van der Waals surface area contributed by atoms with Crippen LogP contribution in [0.15, 0.2) is 24.3 Å². The molecule has 0 saturated carbocycles. The van der Waals surface area contributed by atoms with E-state index in [0.717, 1.165) is 25.2 Å². The van der Waals surface area contributed by atoms with Gasteiger partial charge in [0.05, 0.1) is 6.61 Å². The van der Waals surface area contributed by atoms with Crippen molar-refractivity contribution in [2.45, 2.75) is 46.5 Å². The van der Waals surface area contributed by atoms with Crippen LogP contribution in [0.4, 0.5) is 0 Å². The molecule has 1 rings (SSSR count). The van der Waals surface area contributed by atoms with Crippen LogP contribution in [0.5, 0.6) is 5.75 Å². The van der Waals surface area contributed by atoms with Crippen molar-refractivity contribution >= 4 is 5.78 Å². The molecule has 0 atom stereocenters. The predicted molar refractivity (Wildman–Crippen MR) is 75.0 cm³/mol. The fourth-order valence-electron chi connectivity index (χ4n) is 1.72. The third kappa shape index (κ3) is 5.85. The highest BCUT2D eigenvalue weighted by Gasteiger charge is 2.01. The minimum absolute atomic E-state index is 0.349. The summed E-state index contributed by atoms with van der Waals surface area (Å²) in [6.45, 7) is 6.95. The van der Waals surface area contributed by atoms with E-state index in [1.54, 1.807) is 0 Å². The standard InChI is InChI=1S/C16H24O2/c1-4-15(17)9-5-7-14-8-6-10-16(11-14)18-12-13(2)3/h6,8,10-11,13H,4-5,7,9,12H2,1-3H3. The SMILES string of the molecule is CCC(=O)CCCc1cccc(OCC(C)C)c1. The van der Waals surface area contributed by atoms with Crippen LogP contribution in [0.25, 0.3) is 0 Å². The number of hydrogen-bond acceptors (Lipinski definition) is 2. The maximum Gasteiger partial charge on any atom is 0.132 e. The van der Waals surface area contributed by atoms with Gasteiger partial charge in [0, 0.05) is 12.8 Å². The van der Waals surface area contributed by atoms with E-state index in [1.165, 1.54) is 5.56 Å². The molecule has 0 radical (unpaired) electrons. The Labute approximate surface area is 110 Å². The summed E-state index contributed by atoms with van der Waals surface area (Å²) in [5, 5.41) is 0. The Morgan fingerprint density at radius 2 is 2.11 bits per heavy atom. The number of hydrogen-bond donors (Lipinski definition) is 0. The lowest BCUT2D eigenvalue weighted by molar-refractivity contribution is -0.118. The summed E-state index contributed by atoms with van der Waals surface area (Å²) in [5.74, 6) is 1.82. The second-order valence-electron chi connectivity index (χ2n) is 5.10. The molecular formula is C16H24O2. The second-order valence-corrected chi connectivity index (χ2v) is 5.10. The molecule has 0 amide bonds. The zero-order chi connectivity index (χ0) is 13.4. The van der Waals surface area contributed by atoms with Gasteiger partial charge in [-0.25, -0.2) is 0 Å². The lowest BCUT2D eigenvalue weighted by Gasteiger charge is -2.09. The minimum Gasteiger partial charge on any atom is -0.493 e. The monoisotopic (exact) mass is 248 g/mol. The van der Waals surface area contributed by atoms with Crippen molar-refractivity contribution in [3.8, 4) is 5.75 Å². The maximum atomic E-state index is 11.2. The molecule has 0 saturated heterocycles. The van der Waals surface area contributed by atoms with E-state index < -0.39 is 0 Å². The first-order valence-electron chi connectivity index (χ1n) is 6.85. The molecule has 0 bridgehead atoms.